The lowest BCUT2D eigenvalue weighted by atomic mass is 9.97. The van der Waals surface area contributed by atoms with Crippen molar-refractivity contribution in [2.24, 2.45) is 7.05 Å². The average molecular weight is 348 g/mol. The number of ether oxygens (including phenoxy) is 1. The second-order valence-corrected chi connectivity index (χ2v) is 6.59. The Morgan fingerprint density at radius 1 is 1.19 bits per heavy atom. The van der Waals surface area contributed by atoms with Crippen LogP contribution in [0.2, 0.25) is 0 Å². The van der Waals surface area contributed by atoms with E-state index in [0.717, 1.165) is 34.9 Å². The molecule has 1 N–H and O–H groups in total. The maximum absolute atomic E-state index is 12.7. The predicted octanol–water partition coefficient (Wildman–Crippen LogP) is 3.18. The third-order valence-corrected chi connectivity index (χ3v) is 4.84. The lowest BCUT2D eigenvalue weighted by Crippen LogP contribution is -2.30. The summed E-state index contributed by atoms with van der Waals surface area (Å²) in [5, 5.41) is 5.25. The van der Waals surface area contributed by atoms with Gasteiger partial charge in [0.25, 0.3) is 11.5 Å². The Kier molecular flexibility index (Phi) is 4.21. The van der Waals surface area contributed by atoms with Crippen molar-refractivity contribution in [2.45, 2.75) is 18.9 Å². The van der Waals surface area contributed by atoms with Crippen molar-refractivity contribution in [1.29, 1.82) is 0 Å². The SMILES string of the molecule is Cn1ccc(C(=O)NC2CCCOc3c2ccc2ccccc32)cc1=O. The zero-order valence-electron chi connectivity index (χ0n) is 14.6. The third kappa shape index (κ3) is 2.96. The van der Waals surface area contributed by atoms with E-state index >= 15 is 0 Å². The Hall–Kier alpha value is -3.08. The maximum Gasteiger partial charge on any atom is 0.252 e. The molecule has 0 radical (unpaired) electrons. The van der Waals surface area contributed by atoms with Gasteiger partial charge >= 0.3 is 0 Å². The van der Waals surface area contributed by atoms with E-state index in [1.807, 2.05) is 24.3 Å². The molecular formula is C21H20N2O3. The molecule has 132 valence electrons. The maximum atomic E-state index is 12.7. The molecule has 1 aliphatic rings. The molecule has 2 heterocycles. The number of hydrogen-bond donors (Lipinski definition) is 1. The van der Waals surface area contributed by atoms with Gasteiger partial charge in [0.15, 0.2) is 0 Å². The number of benzene rings is 2. The summed E-state index contributed by atoms with van der Waals surface area (Å²) >= 11 is 0. The first-order valence-corrected chi connectivity index (χ1v) is 8.75. The third-order valence-electron chi connectivity index (χ3n) is 4.84. The van der Waals surface area contributed by atoms with Gasteiger partial charge in [0, 0.05) is 35.8 Å². The van der Waals surface area contributed by atoms with Crippen molar-refractivity contribution in [3.8, 4) is 5.75 Å². The van der Waals surface area contributed by atoms with Gasteiger partial charge < -0.3 is 14.6 Å². The number of amides is 1. The zero-order chi connectivity index (χ0) is 18.1. The van der Waals surface area contributed by atoms with E-state index in [4.69, 9.17) is 4.74 Å². The molecule has 1 amide bonds. The number of fused-ring (bicyclic) bond motifs is 3. The van der Waals surface area contributed by atoms with Crippen LogP contribution in [0.4, 0.5) is 0 Å². The largest absolute Gasteiger partial charge is 0.493 e. The van der Waals surface area contributed by atoms with Crippen molar-refractivity contribution in [3.05, 3.63) is 76.2 Å². The van der Waals surface area contributed by atoms with Crippen LogP contribution in [0, 0.1) is 0 Å². The fourth-order valence-electron chi connectivity index (χ4n) is 3.39. The molecule has 5 nitrogen and oxygen atoms in total. The Bertz CT molecular complexity index is 1040. The minimum absolute atomic E-state index is 0.145. The van der Waals surface area contributed by atoms with E-state index in [-0.39, 0.29) is 17.5 Å². The summed E-state index contributed by atoms with van der Waals surface area (Å²) < 4.78 is 7.45. The normalized spacial score (nSPS) is 16.4. The van der Waals surface area contributed by atoms with Crippen molar-refractivity contribution in [1.82, 2.24) is 9.88 Å². The molecule has 3 aromatic rings. The highest BCUT2D eigenvalue weighted by atomic mass is 16.5. The number of carbonyl (C=O) groups is 1. The molecule has 0 saturated heterocycles. The summed E-state index contributed by atoms with van der Waals surface area (Å²) in [5.41, 5.74) is 1.16. The number of aromatic nitrogens is 1. The van der Waals surface area contributed by atoms with Crippen LogP contribution in [0.3, 0.4) is 0 Å². The molecule has 0 bridgehead atoms. The van der Waals surface area contributed by atoms with Crippen LogP contribution in [0.25, 0.3) is 10.8 Å². The number of nitrogens with zero attached hydrogens (tertiary/aromatic N) is 1. The van der Waals surface area contributed by atoms with Crippen LogP contribution in [0.15, 0.2) is 59.5 Å². The average Bonchev–Trinajstić information content (AvgIpc) is 2.86. The van der Waals surface area contributed by atoms with Crippen molar-refractivity contribution in [2.75, 3.05) is 6.61 Å². The van der Waals surface area contributed by atoms with Crippen LogP contribution in [0.1, 0.15) is 34.8 Å². The molecule has 1 aromatic heterocycles. The van der Waals surface area contributed by atoms with Gasteiger partial charge in [0.05, 0.1) is 12.6 Å². The smallest absolute Gasteiger partial charge is 0.252 e. The molecule has 1 atom stereocenters. The fraction of sp³-hybridized carbons (Fsp3) is 0.238. The van der Waals surface area contributed by atoms with E-state index in [2.05, 4.69) is 17.4 Å². The number of pyridine rings is 1. The number of aryl methyl sites for hydroxylation is 1. The summed E-state index contributed by atoms with van der Waals surface area (Å²) in [6.07, 6.45) is 3.25. The molecule has 1 aliphatic heterocycles. The lowest BCUT2D eigenvalue weighted by molar-refractivity contribution is 0.0934. The van der Waals surface area contributed by atoms with Crippen LogP contribution in [0.5, 0.6) is 5.75 Å². The van der Waals surface area contributed by atoms with Gasteiger partial charge in [-0.15, -0.1) is 0 Å². The monoisotopic (exact) mass is 348 g/mol. The molecule has 4 rings (SSSR count). The van der Waals surface area contributed by atoms with Crippen LogP contribution < -0.4 is 15.6 Å². The minimum Gasteiger partial charge on any atom is -0.493 e. The lowest BCUT2D eigenvalue weighted by Gasteiger charge is -2.19. The van der Waals surface area contributed by atoms with E-state index in [1.54, 1.807) is 19.3 Å². The number of carbonyl (C=O) groups excluding carboxylic acids is 1. The van der Waals surface area contributed by atoms with Gasteiger partial charge in [-0.1, -0.05) is 36.4 Å². The molecule has 0 spiro atoms. The first-order valence-electron chi connectivity index (χ1n) is 8.75. The second kappa shape index (κ2) is 6.67. The number of nitrogens with one attached hydrogen (secondary N) is 1. The van der Waals surface area contributed by atoms with E-state index < -0.39 is 0 Å². The topological polar surface area (TPSA) is 60.3 Å². The Labute approximate surface area is 151 Å². The minimum atomic E-state index is -0.242. The molecule has 0 aliphatic carbocycles. The van der Waals surface area contributed by atoms with Crippen LogP contribution >= 0.6 is 0 Å². The van der Waals surface area contributed by atoms with Crippen molar-refractivity contribution >= 4 is 16.7 Å². The first kappa shape index (κ1) is 16.4. The predicted molar refractivity (Wildman–Crippen MR) is 101 cm³/mol. The van der Waals surface area contributed by atoms with E-state index in [0.29, 0.717) is 12.2 Å². The van der Waals surface area contributed by atoms with Gasteiger partial charge in [-0.3, -0.25) is 9.59 Å². The molecule has 2 aromatic carbocycles. The highest BCUT2D eigenvalue weighted by Gasteiger charge is 2.23. The number of hydrogen-bond acceptors (Lipinski definition) is 3. The van der Waals surface area contributed by atoms with Gasteiger partial charge in [0.2, 0.25) is 0 Å². The van der Waals surface area contributed by atoms with Crippen molar-refractivity contribution < 1.29 is 9.53 Å². The van der Waals surface area contributed by atoms with Crippen LogP contribution in [-0.4, -0.2) is 17.1 Å². The Morgan fingerprint density at radius 3 is 2.88 bits per heavy atom. The summed E-state index contributed by atoms with van der Waals surface area (Å²) in [5.74, 6) is 0.601. The fourth-order valence-corrected chi connectivity index (χ4v) is 3.39. The standard InChI is InChI=1S/C21H20N2O3/c1-23-11-10-15(13-19(23)24)21(25)22-18-7-4-12-26-20-16-6-3-2-5-14(16)8-9-17(18)20/h2-3,5-6,8-11,13,18H,4,7,12H2,1H3,(H,22,25). The molecule has 26 heavy (non-hydrogen) atoms. The van der Waals surface area contributed by atoms with Gasteiger partial charge in [-0.25, -0.2) is 0 Å². The highest BCUT2D eigenvalue weighted by Crippen LogP contribution is 2.37. The van der Waals surface area contributed by atoms with E-state index in [9.17, 15) is 9.59 Å². The quantitative estimate of drug-likeness (QED) is 0.774. The molecule has 5 heteroatoms. The van der Waals surface area contributed by atoms with E-state index in [1.165, 1.54) is 10.6 Å². The summed E-state index contributed by atoms with van der Waals surface area (Å²) in [7, 11) is 1.66. The first-order chi connectivity index (χ1) is 12.6. The molecule has 0 saturated carbocycles. The van der Waals surface area contributed by atoms with Gasteiger partial charge in [-0.05, 0) is 24.3 Å². The van der Waals surface area contributed by atoms with Gasteiger partial charge in [-0.2, -0.15) is 0 Å². The summed E-state index contributed by atoms with van der Waals surface area (Å²) in [4.78, 5) is 24.5. The van der Waals surface area contributed by atoms with Crippen LogP contribution in [-0.2, 0) is 7.05 Å². The zero-order valence-corrected chi connectivity index (χ0v) is 14.6. The molecular weight excluding hydrogens is 328 g/mol. The Morgan fingerprint density at radius 2 is 2.04 bits per heavy atom. The van der Waals surface area contributed by atoms with Gasteiger partial charge in [0.1, 0.15) is 5.75 Å². The van der Waals surface area contributed by atoms with Crippen molar-refractivity contribution in [3.63, 3.8) is 0 Å². The summed E-state index contributed by atoms with van der Waals surface area (Å²) in [6, 6.07) is 15.0. The number of rotatable bonds is 2. The highest BCUT2D eigenvalue weighted by molar-refractivity contribution is 5.95. The molecule has 0 fully saturated rings. The second-order valence-electron chi connectivity index (χ2n) is 6.59. The summed E-state index contributed by atoms with van der Waals surface area (Å²) in [6.45, 7) is 0.624. The molecule has 1 unspecified atom stereocenters. The Balaban J connectivity index is 1.69.